The van der Waals surface area contributed by atoms with E-state index < -0.39 is 94.9 Å². The number of phenolic OH excluding ortho intramolecular Hbond substituents is 6. The smallest absolute Gasteiger partial charge is 0.339 e. The van der Waals surface area contributed by atoms with Gasteiger partial charge < -0.3 is 59.8 Å². The summed E-state index contributed by atoms with van der Waals surface area (Å²) in [6, 6.07) is 3.09. The molecule has 0 unspecified atom stereocenters. The van der Waals surface area contributed by atoms with E-state index in [4.69, 9.17) is 18.9 Å². The van der Waals surface area contributed by atoms with Crippen LogP contribution in [0, 0.1) is 0 Å². The zero-order valence-corrected chi connectivity index (χ0v) is 17.9. The molecule has 1 aliphatic rings. The maximum atomic E-state index is 12.7. The minimum absolute atomic E-state index is 0.440. The number of aromatic hydroxyl groups is 6. The molecule has 3 rings (SSSR count). The van der Waals surface area contributed by atoms with Crippen molar-refractivity contribution in [3.63, 3.8) is 0 Å². The van der Waals surface area contributed by atoms with Crippen molar-refractivity contribution in [1.82, 2.24) is 0 Å². The summed E-state index contributed by atoms with van der Waals surface area (Å²) in [5.41, 5.74) is -0.894. The molecule has 14 heteroatoms. The minimum Gasteiger partial charge on any atom is -0.504 e. The van der Waals surface area contributed by atoms with E-state index in [9.17, 15) is 50.4 Å². The Kier molecular flexibility index (Phi) is 7.40. The van der Waals surface area contributed by atoms with Gasteiger partial charge in [0.15, 0.2) is 53.0 Å². The number of ether oxygens (including phenoxy) is 4. The first-order valence-corrected chi connectivity index (χ1v) is 9.87. The molecule has 0 aliphatic carbocycles. The Bertz CT molecular complexity index is 1070. The van der Waals surface area contributed by atoms with Gasteiger partial charge in [0.2, 0.25) is 0 Å². The van der Waals surface area contributed by atoms with E-state index in [0.29, 0.717) is 0 Å². The highest BCUT2D eigenvalue weighted by Gasteiger charge is 2.50. The lowest BCUT2D eigenvalue weighted by atomic mass is 9.98. The number of hydrogen-bond acceptors (Lipinski definition) is 14. The molecule has 0 radical (unpaired) electrons. The molecule has 8 N–H and O–H groups in total. The summed E-state index contributed by atoms with van der Waals surface area (Å²) in [6.07, 6.45) is -8.02. The molecule has 0 amide bonds. The molecule has 0 spiro atoms. The molecular weight excluding hydrogens is 476 g/mol. The van der Waals surface area contributed by atoms with Gasteiger partial charge in [-0.1, -0.05) is 0 Å². The fourth-order valence-corrected chi connectivity index (χ4v) is 3.32. The van der Waals surface area contributed by atoms with E-state index in [1.807, 2.05) is 0 Å². The number of carbonyl (C=O) groups excluding carboxylic acids is 2. The van der Waals surface area contributed by atoms with Crippen LogP contribution in [0.4, 0.5) is 0 Å². The van der Waals surface area contributed by atoms with Crippen LogP contribution >= 0.6 is 0 Å². The average Bonchev–Trinajstić information content (AvgIpc) is 2.82. The van der Waals surface area contributed by atoms with Crippen LogP contribution in [0.2, 0.25) is 0 Å². The summed E-state index contributed by atoms with van der Waals surface area (Å²) in [7, 11) is 1.13. The number of aliphatic hydroxyl groups is 2. The number of methoxy groups -OCH3 is 1. The maximum Gasteiger partial charge on any atom is 0.339 e. The summed E-state index contributed by atoms with van der Waals surface area (Å²) in [5, 5.41) is 77.6. The molecule has 190 valence electrons. The largest absolute Gasteiger partial charge is 0.504 e. The minimum atomic E-state index is -1.77. The average molecular weight is 498 g/mol. The predicted molar refractivity (Wildman–Crippen MR) is 110 cm³/mol. The fraction of sp³-hybridized carbons (Fsp3) is 0.333. The van der Waals surface area contributed by atoms with Crippen LogP contribution in [0.1, 0.15) is 20.7 Å². The van der Waals surface area contributed by atoms with Gasteiger partial charge in [0.05, 0.1) is 17.7 Å². The van der Waals surface area contributed by atoms with Gasteiger partial charge in [0.1, 0.15) is 12.2 Å². The van der Waals surface area contributed by atoms with Crippen LogP contribution in [0.25, 0.3) is 0 Å². The van der Waals surface area contributed by atoms with Gasteiger partial charge in [-0.15, -0.1) is 0 Å². The van der Waals surface area contributed by atoms with E-state index in [1.54, 1.807) is 0 Å². The highest BCUT2D eigenvalue weighted by Crippen LogP contribution is 2.37. The van der Waals surface area contributed by atoms with Crippen LogP contribution < -0.4 is 0 Å². The van der Waals surface area contributed by atoms with Crippen molar-refractivity contribution in [3.05, 3.63) is 35.4 Å². The second-order valence-electron chi connectivity index (χ2n) is 7.42. The zero-order chi connectivity index (χ0) is 26.0. The second kappa shape index (κ2) is 10.1. The molecule has 14 nitrogen and oxygen atoms in total. The molecule has 1 aliphatic heterocycles. The number of benzene rings is 2. The summed E-state index contributed by atoms with van der Waals surface area (Å²) >= 11 is 0. The first-order valence-electron chi connectivity index (χ1n) is 9.87. The van der Waals surface area contributed by atoms with Gasteiger partial charge in [0.25, 0.3) is 0 Å². The third kappa shape index (κ3) is 5.09. The van der Waals surface area contributed by atoms with Crippen molar-refractivity contribution >= 4 is 11.9 Å². The first-order chi connectivity index (χ1) is 16.5. The third-order valence-corrected chi connectivity index (χ3v) is 5.13. The molecule has 5 atom stereocenters. The molecule has 0 saturated carbocycles. The van der Waals surface area contributed by atoms with Crippen molar-refractivity contribution < 1.29 is 69.4 Å². The van der Waals surface area contributed by atoms with E-state index in [2.05, 4.69) is 0 Å². The normalized spacial score (nSPS) is 24.0. The molecule has 2 aromatic rings. The van der Waals surface area contributed by atoms with Gasteiger partial charge in [-0.05, 0) is 24.3 Å². The van der Waals surface area contributed by atoms with Crippen molar-refractivity contribution in [3.8, 4) is 34.5 Å². The van der Waals surface area contributed by atoms with Gasteiger partial charge in [0, 0.05) is 7.11 Å². The molecule has 1 fully saturated rings. The van der Waals surface area contributed by atoms with E-state index in [1.165, 1.54) is 0 Å². The number of rotatable bonds is 6. The van der Waals surface area contributed by atoms with E-state index in [-0.39, 0.29) is 0 Å². The van der Waals surface area contributed by atoms with Gasteiger partial charge in [-0.3, -0.25) is 0 Å². The van der Waals surface area contributed by atoms with E-state index >= 15 is 0 Å². The van der Waals surface area contributed by atoms with Crippen LogP contribution in [-0.2, 0) is 18.9 Å². The molecular formula is C21H22O14. The molecule has 0 aromatic heterocycles. The molecule has 1 saturated heterocycles. The lowest BCUT2D eigenvalue weighted by molar-refractivity contribution is -0.292. The van der Waals surface area contributed by atoms with Gasteiger partial charge >= 0.3 is 11.9 Å². The highest BCUT2D eigenvalue weighted by atomic mass is 16.7. The van der Waals surface area contributed by atoms with Crippen LogP contribution in [0.15, 0.2) is 24.3 Å². The summed E-state index contributed by atoms with van der Waals surface area (Å²) < 4.78 is 20.9. The standard InChI is InChI=1S/C21H22O14/c1-32-21-18(35-20(31)8-4-11(25)15(28)12(26)5-8)17(16(29)13(6-22)33-21)34-19(30)7-2-9(23)14(27)10(24)3-7/h2-5,13,16-18,21-29H,6H2,1H3/t13-,16+,17+,18+,21+/m0/s1. The lowest BCUT2D eigenvalue weighted by Crippen LogP contribution is -2.61. The number of aliphatic hydroxyl groups excluding tert-OH is 2. The Morgan fingerprint density at radius 1 is 0.800 bits per heavy atom. The predicted octanol–water partition coefficient (Wildman–Crippen LogP) is -0.604. The van der Waals surface area contributed by atoms with Crippen LogP contribution in [0.5, 0.6) is 34.5 Å². The van der Waals surface area contributed by atoms with Crippen molar-refractivity contribution in [1.29, 1.82) is 0 Å². The molecule has 1 heterocycles. The Hall–Kier alpha value is -3.98. The molecule has 0 bridgehead atoms. The molecule has 35 heavy (non-hydrogen) atoms. The Labute approximate surface area is 196 Å². The monoisotopic (exact) mass is 498 g/mol. The summed E-state index contributed by atoms with van der Waals surface area (Å²) in [4.78, 5) is 25.4. The second-order valence-corrected chi connectivity index (χ2v) is 7.42. The Balaban J connectivity index is 1.93. The van der Waals surface area contributed by atoms with Crippen LogP contribution in [-0.4, -0.2) is 97.2 Å². The zero-order valence-electron chi connectivity index (χ0n) is 17.9. The highest BCUT2D eigenvalue weighted by molar-refractivity contribution is 5.92. The summed E-state index contributed by atoms with van der Waals surface area (Å²) in [6.45, 7) is -0.754. The quantitative estimate of drug-likeness (QED) is 0.183. The Morgan fingerprint density at radius 2 is 1.20 bits per heavy atom. The third-order valence-electron chi connectivity index (χ3n) is 5.13. The summed E-state index contributed by atoms with van der Waals surface area (Å²) in [5.74, 6) is -7.60. The number of hydrogen-bond donors (Lipinski definition) is 8. The number of carbonyl (C=O) groups is 2. The van der Waals surface area contributed by atoms with E-state index in [0.717, 1.165) is 31.4 Å². The molecule has 2 aromatic carbocycles. The SMILES string of the molecule is CO[C@@H]1O[C@@H](CO)[C@@H](O)[C@@H](OC(=O)c2cc(O)c(O)c(O)c2)[C@H]1OC(=O)c1cc(O)c(O)c(O)c1. The number of phenols is 6. The van der Waals surface area contributed by atoms with Crippen molar-refractivity contribution in [2.24, 2.45) is 0 Å². The topological polar surface area (TPSA) is 233 Å². The maximum absolute atomic E-state index is 12.7. The Morgan fingerprint density at radius 3 is 1.57 bits per heavy atom. The fourth-order valence-electron chi connectivity index (χ4n) is 3.32. The van der Waals surface area contributed by atoms with Gasteiger partial charge in [-0.2, -0.15) is 0 Å². The first kappa shape index (κ1) is 25.6. The lowest BCUT2D eigenvalue weighted by Gasteiger charge is -2.42. The van der Waals surface area contributed by atoms with Crippen molar-refractivity contribution in [2.75, 3.05) is 13.7 Å². The number of esters is 2. The van der Waals surface area contributed by atoms with Gasteiger partial charge in [-0.25, -0.2) is 9.59 Å². The van der Waals surface area contributed by atoms with Crippen LogP contribution in [0.3, 0.4) is 0 Å². The van der Waals surface area contributed by atoms with Crippen molar-refractivity contribution in [2.45, 2.75) is 30.7 Å².